The molecule has 5 nitrogen and oxygen atoms in total. The fourth-order valence-corrected chi connectivity index (χ4v) is 2.97. The summed E-state index contributed by atoms with van der Waals surface area (Å²) in [5.41, 5.74) is 6.45. The number of fused-ring (bicyclic) bond motifs is 1. The van der Waals surface area contributed by atoms with E-state index in [1.807, 2.05) is 28.8 Å². The van der Waals surface area contributed by atoms with Gasteiger partial charge in [0.05, 0.1) is 6.20 Å². The SMILES string of the molecule is Nc1cnc(Sc2nnc3ccccn23)s1. The Morgan fingerprint density at radius 1 is 1.31 bits per heavy atom. The maximum Gasteiger partial charge on any atom is 0.202 e. The Kier molecular flexibility index (Phi) is 2.26. The zero-order valence-electron chi connectivity index (χ0n) is 8.07. The van der Waals surface area contributed by atoms with E-state index in [9.17, 15) is 0 Å². The molecular weight excluding hydrogens is 242 g/mol. The number of aromatic nitrogens is 4. The van der Waals surface area contributed by atoms with Gasteiger partial charge in [-0.15, -0.1) is 10.2 Å². The van der Waals surface area contributed by atoms with Crippen molar-refractivity contribution in [2.75, 3.05) is 5.73 Å². The Hall–Kier alpha value is -1.60. The summed E-state index contributed by atoms with van der Waals surface area (Å²) in [5.74, 6) is 0. The highest BCUT2D eigenvalue weighted by Gasteiger charge is 2.08. The van der Waals surface area contributed by atoms with Crippen LogP contribution in [0.25, 0.3) is 5.65 Å². The van der Waals surface area contributed by atoms with Crippen molar-refractivity contribution in [2.24, 2.45) is 0 Å². The van der Waals surface area contributed by atoms with Gasteiger partial charge < -0.3 is 5.73 Å². The van der Waals surface area contributed by atoms with Crippen LogP contribution < -0.4 is 5.73 Å². The van der Waals surface area contributed by atoms with Crippen LogP contribution in [0.1, 0.15) is 0 Å². The molecule has 7 heteroatoms. The van der Waals surface area contributed by atoms with Gasteiger partial charge in [-0.3, -0.25) is 4.40 Å². The van der Waals surface area contributed by atoms with Gasteiger partial charge in [0, 0.05) is 6.20 Å². The predicted octanol–water partition coefficient (Wildman–Crippen LogP) is 1.92. The van der Waals surface area contributed by atoms with Gasteiger partial charge in [0.15, 0.2) is 9.99 Å². The van der Waals surface area contributed by atoms with E-state index in [-0.39, 0.29) is 0 Å². The quantitative estimate of drug-likeness (QED) is 0.751. The maximum absolute atomic E-state index is 5.62. The molecule has 0 amide bonds. The molecule has 3 rings (SSSR count). The van der Waals surface area contributed by atoms with Gasteiger partial charge in [-0.25, -0.2) is 4.98 Å². The first-order valence-electron chi connectivity index (χ1n) is 4.52. The van der Waals surface area contributed by atoms with E-state index in [0.29, 0.717) is 5.00 Å². The van der Waals surface area contributed by atoms with E-state index < -0.39 is 0 Å². The van der Waals surface area contributed by atoms with Crippen molar-refractivity contribution in [3.63, 3.8) is 0 Å². The highest BCUT2D eigenvalue weighted by Crippen LogP contribution is 2.30. The molecule has 3 heterocycles. The van der Waals surface area contributed by atoms with Gasteiger partial charge >= 0.3 is 0 Å². The molecule has 0 unspecified atom stereocenters. The molecule has 80 valence electrons. The Labute approximate surface area is 99.3 Å². The molecule has 0 saturated carbocycles. The molecule has 16 heavy (non-hydrogen) atoms. The summed E-state index contributed by atoms with van der Waals surface area (Å²) in [4.78, 5) is 4.17. The van der Waals surface area contributed by atoms with Crippen molar-refractivity contribution in [2.45, 2.75) is 9.50 Å². The van der Waals surface area contributed by atoms with Crippen LogP contribution in [0, 0.1) is 0 Å². The molecule has 0 atom stereocenters. The second kappa shape index (κ2) is 3.76. The van der Waals surface area contributed by atoms with Crippen molar-refractivity contribution >= 4 is 33.7 Å². The van der Waals surface area contributed by atoms with Crippen LogP contribution in [0.5, 0.6) is 0 Å². The highest BCUT2D eigenvalue weighted by molar-refractivity contribution is 8.00. The summed E-state index contributed by atoms with van der Waals surface area (Å²) >= 11 is 2.90. The van der Waals surface area contributed by atoms with Crippen molar-refractivity contribution in [3.05, 3.63) is 30.6 Å². The van der Waals surface area contributed by atoms with Crippen molar-refractivity contribution < 1.29 is 0 Å². The first-order chi connectivity index (χ1) is 7.83. The molecule has 0 saturated heterocycles. The number of hydrogen-bond acceptors (Lipinski definition) is 6. The lowest BCUT2D eigenvalue weighted by Crippen LogP contribution is -1.84. The standard InChI is InChI=1S/C9H7N5S2/c10-6-5-11-9(15-6)16-8-13-12-7-3-1-2-4-14(7)8/h1-5H,10H2. The molecule has 0 aromatic carbocycles. The largest absolute Gasteiger partial charge is 0.389 e. The number of thiazole rings is 1. The van der Waals surface area contributed by atoms with Gasteiger partial charge in [-0.1, -0.05) is 17.4 Å². The molecule has 0 radical (unpaired) electrons. The fourth-order valence-electron chi connectivity index (χ4n) is 1.28. The summed E-state index contributed by atoms with van der Waals surface area (Å²) in [6, 6.07) is 5.78. The average Bonchev–Trinajstić information content (AvgIpc) is 2.87. The zero-order valence-corrected chi connectivity index (χ0v) is 9.70. The third kappa shape index (κ3) is 1.63. The Morgan fingerprint density at radius 3 is 3.06 bits per heavy atom. The summed E-state index contributed by atoms with van der Waals surface area (Å²) in [7, 11) is 0. The summed E-state index contributed by atoms with van der Waals surface area (Å²) < 4.78 is 2.79. The molecule has 0 aliphatic heterocycles. The van der Waals surface area contributed by atoms with E-state index in [1.165, 1.54) is 23.1 Å². The van der Waals surface area contributed by atoms with Gasteiger partial charge in [-0.2, -0.15) is 0 Å². The smallest absolute Gasteiger partial charge is 0.202 e. The third-order valence-corrected chi connectivity index (χ3v) is 3.83. The second-order valence-corrected chi connectivity index (χ2v) is 5.32. The minimum Gasteiger partial charge on any atom is -0.389 e. The number of rotatable bonds is 2. The fraction of sp³-hybridized carbons (Fsp3) is 0. The number of hydrogen-bond donors (Lipinski definition) is 1. The molecule has 0 aliphatic rings. The normalized spacial score (nSPS) is 11.0. The van der Waals surface area contributed by atoms with E-state index >= 15 is 0 Å². The predicted molar refractivity (Wildman–Crippen MR) is 63.6 cm³/mol. The van der Waals surface area contributed by atoms with Crippen LogP contribution in [0.3, 0.4) is 0 Å². The third-order valence-electron chi connectivity index (χ3n) is 1.96. The summed E-state index contributed by atoms with van der Waals surface area (Å²) in [6.45, 7) is 0. The van der Waals surface area contributed by atoms with Crippen LogP contribution in [-0.4, -0.2) is 19.6 Å². The van der Waals surface area contributed by atoms with Crippen molar-refractivity contribution in [3.8, 4) is 0 Å². The minimum atomic E-state index is 0.705. The molecular formula is C9H7N5S2. The second-order valence-electron chi connectivity index (χ2n) is 3.04. The number of pyridine rings is 1. The van der Waals surface area contributed by atoms with Gasteiger partial charge in [-0.05, 0) is 23.9 Å². The van der Waals surface area contributed by atoms with Gasteiger partial charge in [0.25, 0.3) is 0 Å². The van der Waals surface area contributed by atoms with Crippen LogP contribution in [0.4, 0.5) is 5.00 Å². The number of anilines is 1. The van der Waals surface area contributed by atoms with E-state index in [0.717, 1.165) is 15.1 Å². The summed E-state index contributed by atoms with van der Waals surface area (Å²) in [6.07, 6.45) is 3.57. The van der Waals surface area contributed by atoms with E-state index in [4.69, 9.17) is 5.73 Å². The van der Waals surface area contributed by atoms with Crippen LogP contribution in [0.15, 0.2) is 40.1 Å². The topological polar surface area (TPSA) is 69.1 Å². The van der Waals surface area contributed by atoms with Crippen molar-refractivity contribution in [1.82, 2.24) is 19.6 Å². The van der Waals surface area contributed by atoms with Crippen molar-refractivity contribution in [1.29, 1.82) is 0 Å². The number of nitrogens with zero attached hydrogens (tertiary/aromatic N) is 4. The monoisotopic (exact) mass is 249 g/mol. The first-order valence-corrected chi connectivity index (χ1v) is 6.15. The molecule has 2 N–H and O–H groups in total. The molecule has 0 aliphatic carbocycles. The molecule has 0 bridgehead atoms. The lowest BCUT2D eigenvalue weighted by Gasteiger charge is -1.94. The number of nitrogen functional groups attached to an aromatic ring is 1. The van der Waals surface area contributed by atoms with Crippen LogP contribution in [-0.2, 0) is 0 Å². The Morgan fingerprint density at radius 2 is 2.25 bits per heavy atom. The lowest BCUT2D eigenvalue weighted by atomic mass is 10.5. The van der Waals surface area contributed by atoms with Crippen LogP contribution in [0.2, 0.25) is 0 Å². The summed E-state index contributed by atoms with van der Waals surface area (Å²) in [5, 5.41) is 9.66. The first kappa shape index (κ1) is 9.61. The lowest BCUT2D eigenvalue weighted by molar-refractivity contribution is 0.920. The Balaban J connectivity index is 2.00. The Bertz CT molecular complexity index is 629. The van der Waals surface area contributed by atoms with E-state index in [1.54, 1.807) is 6.20 Å². The van der Waals surface area contributed by atoms with Crippen LogP contribution >= 0.6 is 23.1 Å². The highest BCUT2D eigenvalue weighted by atomic mass is 32.2. The van der Waals surface area contributed by atoms with Gasteiger partial charge in [0.1, 0.15) is 5.00 Å². The molecule has 3 aromatic heterocycles. The zero-order chi connectivity index (χ0) is 11.0. The van der Waals surface area contributed by atoms with Gasteiger partial charge in [0.2, 0.25) is 5.16 Å². The average molecular weight is 249 g/mol. The molecule has 0 fully saturated rings. The molecule has 0 spiro atoms. The van der Waals surface area contributed by atoms with E-state index in [2.05, 4.69) is 15.2 Å². The number of nitrogens with two attached hydrogens (primary N) is 1. The maximum atomic E-state index is 5.62. The minimum absolute atomic E-state index is 0.705. The molecule has 3 aromatic rings.